The minimum Gasteiger partial charge on any atom is -0.472 e. The Balaban J connectivity index is 1.58. The lowest BCUT2D eigenvalue weighted by molar-refractivity contribution is 0.138. The fraction of sp³-hybridized carbons (Fsp3) is 0.462. The van der Waals surface area contributed by atoms with Crippen LogP contribution in [0.1, 0.15) is 17.8 Å². The third-order valence-electron chi connectivity index (χ3n) is 2.95. The maximum Gasteiger partial charge on any atom is 0.213 e. The third-order valence-corrected chi connectivity index (χ3v) is 3.71. The Morgan fingerprint density at radius 3 is 3.25 bits per heavy atom. The molecule has 2 aromatic heterocycles. The lowest BCUT2D eigenvalue weighted by Crippen LogP contribution is -2.16. The van der Waals surface area contributed by atoms with E-state index in [2.05, 4.69) is 19.7 Å². The van der Waals surface area contributed by atoms with Gasteiger partial charge in [0.15, 0.2) is 0 Å². The number of aromatic nitrogens is 3. The molecule has 1 aliphatic heterocycles. The number of pyridine rings is 1. The van der Waals surface area contributed by atoms with Gasteiger partial charge in [-0.15, -0.1) is 0 Å². The number of ether oxygens (including phenoxy) is 2. The van der Waals surface area contributed by atoms with E-state index < -0.39 is 0 Å². The second kappa shape index (κ2) is 6.15. The van der Waals surface area contributed by atoms with Crippen LogP contribution >= 0.6 is 11.5 Å². The first-order valence-electron chi connectivity index (χ1n) is 6.53. The topological polar surface area (TPSA) is 69.2 Å². The molecule has 2 aromatic rings. The predicted molar refractivity (Wildman–Crippen MR) is 76.1 cm³/mol. The first-order chi connectivity index (χ1) is 9.79. The van der Waals surface area contributed by atoms with E-state index in [1.807, 2.05) is 19.1 Å². The average Bonchev–Trinajstić information content (AvgIpc) is 3.09. The summed E-state index contributed by atoms with van der Waals surface area (Å²) in [6.45, 7) is 3.97. The molecule has 1 atom stereocenters. The van der Waals surface area contributed by atoms with Gasteiger partial charge >= 0.3 is 0 Å². The van der Waals surface area contributed by atoms with Crippen LogP contribution in [0, 0.1) is 6.92 Å². The average molecular weight is 292 g/mol. The highest BCUT2D eigenvalue weighted by molar-refractivity contribution is 7.09. The highest BCUT2D eigenvalue weighted by Crippen LogP contribution is 2.17. The largest absolute Gasteiger partial charge is 0.472 e. The molecule has 0 saturated carbocycles. The summed E-state index contributed by atoms with van der Waals surface area (Å²) in [6, 6.07) is 3.90. The molecule has 3 heterocycles. The number of hydrogen-bond acceptors (Lipinski definition) is 7. The molecule has 3 rings (SSSR count). The van der Waals surface area contributed by atoms with Crippen LogP contribution in [-0.4, -0.2) is 33.7 Å². The highest BCUT2D eigenvalue weighted by Gasteiger charge is 2.17. The second-order valence-electron chi connectivity index (χ2n) is 4.61. The van der Waals surface area contributed by atoms with Crippen molar-refractivity contribution < 1.29 is 9.47 Å². The van der Waals surface area contributed by atoms with Crippen molar-refractivity contribution in [1.29, 1.82) is 0 Å². The molecule has 20 heavy (non-hydrogen) atoms. The van der Waals surface area contributed by atoms with Gasteiger partial charge in [0.1, 0.15) is 11.9 Å². The molecule has 1 aliphatic rings. The maximum atomic E-state index is 5.78. The molecular formula is C13H16N4O2S. The fourth-order valence-corrected chi connectivity index (χ4v) is 2.52. The molecular weight excluding hydrogens is 276 g/mol. The molecule has 0 radical (unpaired) electrons. The van der Waals surface area contributed by atoms with E-state index in [1.165, 1.54) is 11.5 Å². The summed E-state index contributed by atoms with van der Waals surface area (Å²) in [4.78, 5) is 8.50. The quantitative estimate of drug-likeness (QED) is 0.909. The Morgan fingerprint density at radius 1 is 1.55 bits per heavy atom. The van der Waals surface area contributed by atoms with Gasteiger partial charge in [-0.1, -0.05) is 0 Å². The molecule has 1 N–H and O–H groups in total. The maximum absolute atomic E-state index is 5.78. The van der Waals surface area contributed by atoms with Crippen molar-refractivity contribution in [2.45, 2.75) is 26.0 Å². The highest BCUT2D eigenvalue weighted by atomic mass is 32.1. The standard InChI is InChI=1S/C13H16N4O2S/c1-9-16-13(20-17-9)15-7-10-2-4-14-12(6-10)19-11-3-5-18-8-11/h2,4,6,11H,3,5,7-8H2,1H3,(H,15,16,17). The summed E-state index contributed by atoms with van der Waals surface area (Å²) in [5, 5.41) is 4.06. The van der Waals surface area contributed by atoms with Crippen LogP contribution in [0.15, 0.2) is 18.3 Å². The van der Waals surface area contributed by atoms with Gasteiger partial charge in [0.2, 0.25) is 11.0 Å². The molecule has 7 heteroatoms. The van der Waals surface area contributed by atoms with Crippen molar-refractivity contribution in [3.63, 3.8) is 0 Å². The van der Waals surface area contributed by atoms with Crippen LogP contribution in [0.25, 0.3) is 0 Å². The monoisotopic (exact) mass is 292 g/mol. The molecule has 106 valence electrons. The Morgan fingerprint density at radius 2 is 2.50 bits per heavy atom. The summed E-state index contributed by atoms with van der Waals surface area (Å²) in [5.74, 6) is 1.44. The van der Waals surface area contributed by atoms with Crippen LogP contribution in [0.5, 0.6) is 5.88 Å². The number of aryl methyl sites for hydroxylation is 1. The van der Waals surface area contributed by atoms with Gasteiger partial charge in [-0.25, -0.2) is 9.97 Å². The summed E-state index contributed by atoms with van der Waals surface area (Å²) in [5.41, 5.74) is 1.10. The molecule has 6 nitrogen and oxygen atoms in total. The van der Waals surface area contributed by atoms with Gasteiger partial charge in [-0.3, -0.25) is 0 Å². The number of nitrogens with one attached hydrogen (secondary N) is 1. The lowest BCUT2D eigenvalue weighted by atomic mass is 10.2. The second-order valence-corrected chi connectivity index (χ2v) is 5.36. The first-order valence-corrected chi connectivity index (χ1v) is 7.30. The van der Waals surface area contributed by atoms with Gasteiger partial charge in [0.25, 0.3) is 0 Å². The molecule has 1 fully saturated rings. The third kappa shape index (κ3) is 3.43. The number of anilines is 1. The number of nitrogens with zero attached hydrogens (tertiary/aromatic N) is 3. The summed E-state index contributed by atoms with van der Waals surface area (Å²) in [7, 11) is 0. The van der Waals surface area contributed by atoms with Crippen LogP contribution in [-0.2, 0) is 11.3 Å². The van der Waals surface area contributed by atoms with Crippen LogP contribution in [0.2, 0.25) is 0 Å². The fourth-order valence-electron chi connectivity index (χ4n) is 1.95. The zero-order chi connectivity index (χ0) is 13.8. The molecule has 0 spiro atoms. The van der Waals surface area contributed by atoms with Gasteiger partial charge in [-0.2, -0.15) is 4.37 Å². The van der Waals surface area contributed by atoms with Gasteiger partial charge in [0.05, 0.1) is 13.2 Å². The van der Waals surface area contributed by atoms with E-state index in [0.29, 0.717) is 19.0 Å². The zero-order valence-electron chi connectivity index (χ0n) is 11.2. The summed E-state index contributed by atoms with van der Waals surface area (Å²) >= 11 is 1.36. The van der Waals surface area contributed by atoms with E-state index in [4.69, 9.17) is 9.47 Å². The van der Waals surface area contributed by atoms with E-state index in [9.17, 15) is 0 Å². The molecule has 1 unspecified atom stereocenters. The SMILES string of the molecule is Cc1nsc(NCc2ccnc(OC3CCOC3)c2)n1. The zero-order valence-corrected chi connectivity index (χ0v) is 12.0. The van der Waals surface area contributed by atoms with Gasteiger partial charge in [-0.05, 0) is 18.6 Å². The Kier molecular flexibility index (Phi) is 4.08. The molecule has 0 amide bonds. The van der Waals surface area contributed by atoms with Crippen molar-refractivity contribution in [3.05, 3.63) is 29.7 Å². The Labute approximate surface area is 121 Å². The van der Waals surface area contributed by atoms with E-state index in [0.717, 1.165) is 29.5 Å². The van der Waals surface area contributed by atoms with Crippen molar-refractivity contribution in [2.24, 2.45) is 0 Å². The molecule has 0 bridgehead atoms. The van der Waals surface area contributed by atoms with Crippen LogP contribution < -0.4 is 10.1 Å². The van der Waals surface area contributed by atoms with Crippen molar-refractivity contribution in [2.75, 3.05) is 18.5 Å². The number of rotatable bonds is 5. The van der Waals surface area contributed by atoms with E-state index >= 15 is 0 Å². The predicted octanol–water partition coefficient (Wildman–Crippen LogP) is 2.02. The minimum atomic E-state index is 0.122. The smallest absolute Gasteiger partial charge is 0.213 e. The minimum absolute atomic E-state index is 0.122. The first kappa shape index (κ1) is 13.3. The van der Waals surface area contributed by atoms with Crippen molar-refractivity contribution >= 4 is 16.7 Å². The van der Waals surface area contributed by atoms with Crippen LogP contribution in [0.4, 0.5) is 5.13 Å². The Hall–Kier alpha value is -1.73. The van der Waals surface area contributed by atoms with Crippen molar-refractivity contribution in [1.82, 2.24) is 14.3 Å². The lowest BCUT2D eigenvalue weighted by Gasteiger charge is -2.11. The van der Waals surface area contributed by atoms with Gasteiger partial charge < -0.3 is 14.8 Å². The Bertz CT molecular complexity index is 569. The normalized spacial score (nSPS) is 18.1. The summed E-state index contributed by atoms with van der Waals surface area (Å²) in [6.07, 6.45) is 2.80. The molecule has 0 aromatic carbocycles. The van der Waals surface area contributed by atoms with Crippen LogP contribution in [0.3, 0.4) is 0 Å². The summed E-state index contributed by atoms with van der Waals surface area (Å²) < 4.78 is 15.2. The number of hydrogen-bond donors (Lipinski definition) is 1. The molecule has 1 saturated heterocycles. The van der Waals surface area contributed by atoms with E-state index in [1.54, 1.807) is 6.20 Å². The van der Waals surface area contributed by atoms with Crippen molar-refractivity contribution in [3.8, 4) is 5.88 Å². The van der Waals surface area contributed by atoms with E-state index in [-0.39, 0.29) is 6.10 Å². The molecule has 0 aliphatic carbocycles. The van der Waals surface area contributed by atoms with Gasteiger partial charge in [0, 0.05) is 36.8 Å².